The van der Waals surface area contributed by atoms with Crippen LogP contribution in [0.3, 0.4) is 0 Å². The van der Waals surface area contributed by atoms with Crippen molar-refractivity contribution < 1.29 is 8.78 Å². The lowest BCUT2D eigenvalue weighted by Gasteiger charge is -2.14. The number of aryl methyl sites for hydroxylation is 3. The fourth-order valence-corrected chi connectivity index (χ4v) is 5.16. The molecular weight excluding hydrogens is 478 g/mol. The number of nitrogens with one attached hydrogen (secondary N) is 1. The normalized spacial score (nSPS) is 11.0. The highest BCUT2D eigenvalue weighted by atomic mass is 32.2. The average molecular weight is 499 g/mol. The van der Waals surface area contributed by atoms with Gasteiger partial charge in [-0.1, -0.05) is 23.9 Å². The van der Waals surface area contributed by atoms with Crippen LogP contribution in [0.25, 0.3) is 22.2 Å². The van der Waals surface area contributed by atoms with Gasteiger partial charge in [-0.05, 0) is 66.4 Å². The second-order valence-corrected chi connectivity index (χ2v) is 9.37. The Hall–Kier alpha value is -4.29. The molecule has 3 aromatic heterocycles. The zero-order valence-corrected chi connectivity index (χ0v) is 20.5. The van der Waals surface area contributed by atoms with Crippen molar-refractivity contribution in [3.63, 3.8) is 0 Å². The topological polar surface area (TPSA) is 79.4 Å². The number of hydrogen-bond donors (Lipinski definition) is 1. The van der Waals surface area contributed by atoms with Gasteiger partial charge in [-0.15, -0.1) is 0 Å². The lowest BCUT2D eigenvalue weighted by molar-refractivity contribution is 0.513. The highest BCUT2D eigenvalue weighted by Gasteiger charge is 2.16. The van der Waals surface area contributed by atoms with Gasteiger partial charge < -0.3 is 9.88 Å². The number of pyridine rings is 1. The van der Waals surface area contributed by atoms with Crippen molar-refractivity contribution in [1.82, 2.24) is 19.5 Å². The minimum atomic E-state index is -0.854. The number of benzene rings is 2. The summed E-state index contributed by atoms with van der Waals surface area (Å²) in [6.45, 7) is 3.93. The molecule has 0 amide bonds. The predicted molar refractivity (Wildman–Crippen MR) is 136 cm³/mol. The summed E-state index contributed by atoms with van der Waals surface area (Å²) in [4.78, 5) is 13.6. The molecule has 2 aromatic carbocycles. The molecule has 0 aliphatic rings. The highest BCUT2D eigenvalue weighted by molar-refractivity contribution is 7.99. The summed E-state index contributed by atoms with van der Waals surface area (Å²) >= 11 is 1.51. The van der Waals surface area contributed by atoms with Crippen molar-refractivity contribution in [2.75, 3.05) is 5.32 Å². The molecule has 9 heteroatoms. The maximum absolute atomic E-state index is 13.7. The molecular formula is C27H20F2N6S. The third-order valence-corrected chi connectivity index (χ3v) is 7.04. The van der Waals surface area contributed by atoms with Crippen molar-refractivity contribution in [1.29, 1.82) is 5.26 Å². The van der Waals surface area contributed by atoms with Crippen LogP contribution in [0.2, 0.25) is 0 Å². The quantitative estimate of drug-likeness (QED) is 0.215. The summed E-state index contributed by atoms with van der Waals surface area (Å²) in [5.74, 6) is -1.27. The van der Waals surface area contributed by atoms with Gasteiger partial charge in [0.15, 0.2) is 0 Å². The van der Waals surface area contributed by atoms with Crippen LogP contribution in [0.5, 0.6) is 0 Å². The molecule has 0 aliphatic carbocycles. The molecule has 36 heavy (non-hydrogen) atoms. The van der Waals surface area contributed by atoms with E-state index >= 15 is 0 Å². The van der Waals surface area contributed by atoms with E-state index in [1.807, 2.05) is 62.0 Å². The third-order valence-electron chi connectivity index (χ3n) is 5.71. The predicted octanol–water partition coefficient (Wildman–Crippen LogP) is 6.69. The van der Waals surface area contributed by atoms with E-state index in [4.69, 9.17) is 10.2 Å². The molecule has 0 saturated heterocycles. The van der Waals surface area contributed by atoms with E-state index in [0.717, 1.165) is 37.8 Å². The molecule has 0 fully saturated rings. The summed E-state index contributed by atoms with van der Waals surface area (Å²) in [5, 5.41) is 13.0. The van der Waals surface area contributed by atoms with Gasteiger partial charge in [0.25, 0.3) is 0 Å². The minimum Gasteiger partial charge on any atom is -0.347 e. The third kappa shape index (κ3) is 4.63. The molecule has 0 bridgehead atoms. The standard InChI is InChI=1S/C27H20F2N6S/c1-15-10-18(19-12-22(28)33-23(29)13-19)11-16(2)25(15)36-26-24-21(8-9-35(24)3)32-27(34-26)31-20-6-4-17(14-30)5-7-20/h4-13H,1-3H3,(H,31,32,34). The maximum Gasteiger partial charge on any atom is 0.228 e. The van der Waals surface area contributed by atoms with Crippen LogP contribution in [0.15, 0.2) is 70.7 Å². The van der Waals surface area contributed by atoms with Crippen molar-refractivity contribution in [3.8, 4) is 17.2 Å². The number of rotatable bonds is 5. The molecule has 1 N–H and O–H groups in total. The molecule has 6 nitrogen and oxygen atoms in total. The number of fused-ring (bicyclic) bond motifs is 1. The number of halogens is 2. The van der Waals surface area contributed by atoms with E-state index in [9.17, 15) is 8.78 Å². The summed E-state index contributed by atoms with van der Waals surface area (Å²) in [7, 11) is 1.94. The minimum absolute atomic E-state index is 0.434. The number of anilines is 2. The van der Waals surface area contributed by atoms with E-state index in [2.05, 4.69) is 21.4 Å². The first kappa shape index (κ1) is 23.5. The van der Waals surface area contributed by atoms with Crippen LogP contribution in [-0.4, -0.2) is 19.5 Å². The van der Waals surface area contributed by atoms with Crippen LogP contribution in [-0.2, 0) is 7.05 Å². The van der Waals surface area contributed by atoms with Gasteiger partial charge in [-0.25, -0.2) is 9.97 Å². The van der Waals surface area contributed by atoms with Crippen LogP contribution in [0.1, 0.15) is 16.7 Å². The second-order valence-electron chi connectivity index (χ2n) is 8.37. The zero-order chi connectivity index (χ0) is 25.4. The fourth-order valence-electron chi connectivity index (χ4n) is 4.05. The first-order valence-corrected chi connectivity index (χ1v) is 11.8. The zero-order valence-electron chi connectivity index (χ0n) is 19.7. The van der Waals surface area contributed by atoms with Gasteiger partial charge >= 0.3 is 0 Å². The summed E-state index contributed by atoms with van der Waals surface area (Å²) in [5.41, 5.74) is 6.09. The fraction of sp³-hybridized carbons (Fsp3) is 0.111. The maximum atomic E-state index is 13.7. The van der Waals surface area contributed by atoms with Gasteiger partial charge in [-0.3, -0.25) is 0 Å². The summed E-state index contributed by atoms with van der Waals surface area (Å²) in [6, 6.07) is 17.4. The number of aromatic nitrogens is 4. The Morgan fingerprint density at radius 1 is 0.889 bits per heavy atom. The van der Waals surface area contributed by atoms with Gasteiger partial charge in [0.05, 0.1) is 22.7 Å². The van der Waals surface area contributed by atoms with Crippen LogP contribution >= 0.6 is 11.8 Å². The molecule has 5 rings (SSSR count). The van der Waals surface area contributed by atoms with Crippen LogP contribution in [0, 0.1) is 37.1 Å². The van der Waals surface area contributed by atoms with Crippen molar-refractivity contribution in [3.05, 3.63) is 89.4 Å². The van der Waals surface area contributed by atoms with Crippen LogP contribution < -0.4 is 5.32 Å². The second kappa shape index (κ2) is 9.40. The van der Waals surface area contributed by atoms with Crippen molar-refractivity contribution in [2.45, 2.75) is 23.8 Å². The number of nitriles is 1. The highest BCUT2D eigenvalue weighted by Crippen LogP contribution is 2.38. The molecule has 0 unspecified atom stereocenters. The summed E-state index contributed by atoms with van der Waals surface area (Å²) < 4.78 is 29.3. The average Bonchev–Trinajstić information content (AvgIpc) is 3.21. The SMILES string of the molecule is Cc1cc(-c2cc(F)nc(F)c2)cc(C)c1Sc1nc(Nc2ccc(C#N)cc2)nc2ccn(C)c12. The van der Waals surface area contributed by atoms with Gasteiger partial charge in [0, 0.05) is 36.0 Å². The number of nitrogens with zero attached hydrogens (tertiary/aromatic N) is 5. The van der Waals surface area contributed by atoms with Gasteiger partial charge in [0.1, 0.15) is 5.03 Å². The monoisotopic (exact) mass is 498 g/mol. The van der Waals surface area contributed by atoms with E-state index in [1.165, 1.54) is 23.9 Å². The first-order chi connectivity index (χ1) is 17.3. The lowest BCUT2D eigenvalue weighted by Crippen LogP contribution is -2.01. The van der Waals surface area contributed by atoms with Crippen molar-refractivity contribution in [2.24, 2.45) is 7.05 Å². The van der Waals surface area contributed by atoms with E-state index in [0.29, 0.717) is 22.6 Å². The van der Waals surface area contributed by atoms with E-state index in [1.54, 1.807) is 12.1 Å². The summed E-state index contributed by atoms with van der Waals surface area (Å²) in [6.07, 6.45) is 1.93. The van der Waals surface area contributed by atoms with Gasteiger partial charge in [-0.2, -0.15) is 19.0 Å². The first-order valence-electron chi connectivity index (χ1n) is 11.0. The molecule has 0 saturated carbocycles. The van der Waals surface area contributed by atoms with Gasteiger partial charge in [0.2, 0.25) is 17.8 Å². The molecule has 0 atom stereocenters. The van der Waals surface area contributed by atoms with Crippen LogP contribution in [0.4, 0.5) is 20.4 Å². The molecule has 0 radical (unpaired) electrons. The Morgan fingerprint density at radius 2 is 1.53 bits per heavy atom. The Morgan fingerprint density at radius 3 is 2.17 bits per heavy atom. The Labute approximate surface area is 210 Å². The molecule has 5 aromatic rings. The lowest BCUT2D eigenvalue weighted by atomic mass is 10.0. The Kier molecular flexibility index (Phi) is 6.12. The largest absolute Gasteiger partial charge is 0.347 e. The number of hydrogen-bond acceptors (Lipinski definition) is 6. The molecule has 0 aliphatic heterocycles. The van der Waals surface area contributed by atoms with E-state index < -0.39 is 11.9 Å². The van der Waals surface area contributed by atoms with E-state index in [-0.39, 0.29) is 0 Å². The smallest absolute Gasteiger partial charge is 0.228 e. The molecule has 178 valence electrons. The molecule has 3 heterocycles. The molecule has 0 spiro atoms. The van der Waals surface area contributed by atoms with Crippen molar-refractivity contribution >= 4 is 34.4 Å². The Balaban J connectivity index is 1.53. The Bertz CT molecular complexity index is 1610.